The Hall–Kier alpha value is -1.84. The molecule has 1 aliphatic rings. The fourth-order valence-electron chi connectivity index (χ4n) is 2.22. The van der Waals surface area contributed by atoms with E-state index in [1.165, 1.54) is 12.8 Å². The summed E-state index contributed by atoms with van der Waals surface area (Å²) in [5, 5.41) is 5.75. The molecule has 0 aliphatic heterocycles. The molecule has 0 heterocycles. The van der Waals surface area contributed by atoms with Gasteiger partial charge >= 0.3 is 0 Å². The third-order valence-corrected chi connectivity index (χ3v) is 3.64. The smallest absolute Gasteiger partial charge is 0.251 e. The first kappa shape index (κ1) is 14.6. The summed E-state index contributed by atoms with van der Waals surface area (Å²) in [7, 11) is 0. The van der Waals surface area contributed by atoms with Crippen LogP contribution in [0.1, 0.15) is 42.1 Å². The zero-order valence-corrected chi connectivity index (χ0v) is 12.1. The Balaban J connectivity index is 1.69. The van der Waals surface area contributed by atoms with Crippen LogP contribution in [0.3, 0.4) is 0 Å². The number of carbonyl (C=O) groups excluding carboxylic acids is 2. The van der Waals surface area contributed by atoms with E-state index in [-0.39, 0.29) is 17.9 Å². The molecular weight excluding hydrogens is 252 g/mol. The number of benzene rings is 1. The Bertz CT molecular complexity index is 495. The van der Waals surface area contributed by atoms with Crippen molar-refractivity contribution in [2.75, 3.05) is 6.54 Å². The van der Waals surface area contributed by atoms with Gasteiger partial charge in [-0.2, -0.15) is 0 Å². The van der Waals surface area contributed by atoms with E-state index >= 15 is 0 Å². The Morgan fingerprint density at radius 3 is 2.75 bits per heavy atom. The molecule has 2 N–H and O–H groups in total. The molecular formula is C16H22N2O2. The van der Waals surface area contributed by atoms with Crippen molar-refractivity contribution in [1.82, 2.24) is 10.6 Å². The van der Waals surface area contributed by atoms with Crippen molar-refractivity contribution in [3.05, 3.63) is 35.4 Å². The van der Waals surface area contributed by atoms with Crippen LogP contribution < -0.4 is 10.6 Å². The molecule has 0 spiro atoms. The average Bonchev–Trinajstić information content (AvgIpc) is 3.22. The topological polar surface area (TPSA) is 58.2 Å². The minimum absolute atomic E-state index is 0.00828. The fraction of sp³-hybridized carbons (Fsp3) is 0.500. The molecule has 1 aromatic rings. The van der Waals surface area contributed by atoms with E-state index in [4.69, 9.17) is 0 Å². The predicted octanol–water partition coefficient (Wildman–Crippen LogP) is 2.03. The third-order valence-electron chi connectivity index (χ3n) is 3.64. The van der Waals surface area contributed by atoms with Gasteiger partial charge in [-0.3, -0.25) is 9.59 Å². The second kappa shape index (κ2) is 6.55. The van der Waals surface area contributed by atoms with Gasteiger partial charge in [0.1, 0.15) is 0 Å². The van der Waals surface area contributed by atoms with Gasteiger partial charge in [-0.25, -0.2) is 0 Å². The molecule has 2 rings (SSSR count). The molecule has 0 unspecified atom stereocenters. The van der Waals surface area contributed by atoms with Gasteiger partial charge in [-0.1, -0.05) is 17.7 Å². The monoisotopic (exact) mass is 274 g/mol. The van der Waals surface area contributed by atoms with E-state index in [1.807, 2.05) is 32.0 Å². The van der Waals surface area contributed by atoms with Crippen molar-refractivity contribution < 1.29 is 9.59 Å². The number of rotatable bonds is 6. The van der Waals surface area contributed by atoms with E-state index in [9.17, 15) is 9.59 Å². The molecule has 4 nitrogen and oxygen atoms in total. The van der Waals surface area contributed by atoms with E-state index in [0.29, 0.717) is 24.4 Å². The van der Waals surface area contributed by atoms with E-state index < -0.39 is 0 Å². The molecule has 20 heavy (non-hydrogen) atoms. The van der Waals surface area contributed by atoms with Gasteiger partial charge in [0, 0.05) is 24.6 Å². The maximum absolute atomic E-state index is 11.9. The van der Waals surface area contributed by atoms with Crippen LogP contribution in [0, 0.1) is 12.8 Å². The highest BCUT2D eigenvalue weighted by Gasteiger charge is 2.28. The van der Waals surface area contributed by atoms with Crippen molar-refractivity contribution in [2.45, 2.75) is 39.2 Å². The van der Waals surface area contributed by atoms with Crippen LogP contribution in [0.15, 0.2) is 24.3 Å². The number of aryl methyl sites for hydroxylation is 1. The van der Waals surface area contributed by atoms with Crippen molar-refractivity contribution in [1.29, 1.82) is 0 Å². The highest BCUT2D eigenvalue weighted by atomic mass is 16.2. The lowest BCUT2D eigenvalue weighted by atomic mass is 10.1. The maximum atomic E-state index is 11.9. The van der Waals surface area contributed by atoms with Gasteiger partial charge in [-0.15, -0.1) is 0 Å². The van der Waals surface area contributed by atoms with Crippen LogP contribution in [0.5, 0.6) is 0 Å². The summed E-state index contributed by atoms with van der Waals surface area (Å²) >= 11 is 0. The lowest BCUT2D eigenvalue weighted by molar-refractivity contribution is -0.121. The van der Waals surface area contributed by atoms with Crippen LogP contribution >= 0.6 is 0 Å². The quantitative estimate of drug-likeness (QED) is 0.834. The van der Waals surface area contributed by atoms with Gasteiger partial charge in [-0.05, 0) is 44.7 Å². The summed E-state index contributed by atoms with van der Waals surface area (Å²) in [5.74, 6) is 0.534. The molecule has 0 bridgehead atoms. The standard InChI is InChI=1S/C16H22N2O2/c1-11-4-3-5-14(10-11)16(20)17-9-8-15(19)18-12(2)13-6-7-13/h3-5,10,12-13H,6-9H2,1-2H3,(H,17,20)(H,18,19)/t12-/m1/s1. The molecule has 108 valence electrons. The first-order chi connectivity index (χ1) is 9.56. The van der Waals surface area contributed by atoms with Crippen molar-refractivity contribution >= 4 is 11.8 Å². The normalized spacial score (nSPS) is 15.5. The van der Waals surface area contributed by atoms with Crippen LogP contribution in [0.25, 0.3) is 0 Å². The summed E-state index contributed by atoms with van der Waals surface area (Å²) in [6.07, 6.45) is 2.76. The number of hydrogen-bond acceptors (Lipinski definition) is 2. The molecule has 1 aliphatic carbocycles. The summed E-state index contributed by atoms with van der Waals surface area (Å²) < 4.78 is 0. The second-order valence-electron chi connectivity index (χ2n) is 5.57. The predicted molar refractivity (Wildman–Crippen MR) is 78.5 cm³/mol. The van der Waals surface area contributed by atoms with E-state index in [1.54, 1.807) is 6.07 Å². The van der Waals surface area contributed by atoms with Crippen molar-refractivity contribution in [3.63, 3.8) is 0 Å². The fourth-order valence-corrected chi connectivity index (χ4v) is 2.22. The van der Waals surface area contributed by atoms with Crippen LogP contribution in [0.4, 0.5) is 0 Å². The minimum Gasteiger partial charge on any atom is -0.353 e. The highest BCUT2D eigenvalue weighted by molar-refractivity contribution is 5.94. The van der Waals surface area contributed by atoms with Crippen LogP contribution in [-0.4, -0.2) is 24.4 Å². The first-order valence-corrected chi connectivity index (χ1v) is 7.20. The van der Waals surface area contributed by atoms with Gasteiger partial charge < -0.3 is 10.6 Å². The van der Waals surface area contributed by atoms with Crippen molar-refractivity contribution in [3.8, 4) is 0 Å². The van der Waals surface area contributed by atoms with Crippen molar-refractivity contribution in [2.24, 2.45) is 5.92 Å². The van der Waals surface area contributed by atoms with E-state index in [0.717, 1.165) is 5.56 Å². The summed E-state index contributed by atoms with van der Waals surface area (Å²) in [6.45, 7) is 4.36. The Morgan fingerprint density at radius 2 is 2.10 bits per heavy atom. The average molecular weight is 274 g/mol. The van der Waals surface area contributed by atoms with Gasteiger partial charge in [0.25, 0.3) is 5.91 Å². The molecule has 0 saturated heterocycles. The lowest BCUT2D eigenvalue weighted by Crippen LogP contribution is -2.36. The largest absolute Gasteiger partial charge is 0.353 e. The molecule has 4 heteroatoms. The molecule has 1 saturated carbocycles. The van der Waals surface area contributed by atoms with Gasteiger partial charge in [0.2, 0.25) is 5.91 Å². The minimum atomic E-state index is -0.128. The lowest BCUT2D eigenvalue weighted by Gasteiger charge is -2.12. The molecule has 1 fully saturated rings. The molecule has 2 amide bonds. The van der Waals surface area contributed by atoms with Crippen LogP contribution in [-0.2, 0) is 4.79 Å². The number of hydrogen-bond donors (Lipinski definition) is 2. The first-order valence-electron chi connectivity index (χ1n) is 7.20. The summed E-state index contributed by atoms with van der Waals surface area (Å²) in [6, 6.07) is 7.68. The number of nitrogens with one attached hydrogen (secondary N) is 2. The maximum Gasteiger partial charge on any atom is 0.251 e. The molecule has 1 atom stereocenters. The zero-order valence-electron chi connectivity index (χ0n) is 12.1. The van der Waals surface area contributed by atoms with Gasteiger partial charge in [0.05, 0.1) is 0 Å². The second-order valence-corrected chi connectivity index (χ2v) is 5.57. The third kappa shape index (κ3) is 4.37. The number of carbonyl (C=O) groups is 2. The number of amides is 2. The zero-order chi connectivity index (χ0) is 14.5. The van der Waals surface area contributed by atoms with Crippen LogP contribution in [0.2, 0.25) is 0 Å². The molecule has 0 radical (unpaired) electrons. The van der Waals surface area contributed by atoms with Gasteiger partial charge in [0.15, 0.2) is 0 Å². The summed E-state index contributed by atoms with van der Waals surface area (Å²) in [4.78, 5) is 23.6. The Labute approximate surface area is 119 Å². The van der Waals surface area contributed by atoms with E-state index in [2.05, 4.69) is 10.6 Å². The molecule has 1 aromatic carbocycles. The SMILES string of the molecule is Cc1cccc(C(=O)NCCC(=O)N[C@H](C)C2CC2)c1. The molecule has 0 aromatic heterocycles. The summed E-state index contributed by atoms with van der Waals surface area (Å²) in [5.41, 5.74) is 1.69. The highest BCUT2D eigenvalue weighted by Crippen LogP contribution is 2.32. The Kier molecular flexibility index (Phi) is 4.77. The Morgan fingerprint density at radius 1 is 1.35 bits per heavy atom.